The minimum Gasteiger partial charge on any atom is -0.448 e. The van der Waals surface area contributed by atoms with Crippen molar-refractivity contribution in [3.63, 3.8) is 0 Å². The molecule has 0 atom stereocenters. The number of primary amides is 1. The maximum Gasteiger partial charge on any atom is 0.404 e. The van der Waals surface area contributed by atoms with Crippen molar-refractivity contribution in [1.29, 1.82) is 0 Å². The number of nitrogens with two attached hydrogens (primary N) is 1. The molecule has 1 heterocycles. The molecule has 0 aliphatic heterocycles. The highest BCUT2D eigenvalue weighted by Crippen LogP contribution is 2.02. The van der Waals surface area contributed by atoms with Crippen molar-refractivity contribution >= 4 is 11.9 Å². The van der Waals surface area contributed by atoms with Crippen LogP contribution in [-0.2, 0) is 4.74 Å². The van der Waals surface area contributed by atoms with Crippen molar-refractivity contribution in [2.45, 2.75) is 6.92 Å². The Morgan fingerprint density at radius 1 is 1.64 bits per heavy atom. The third kappa shape index (κ3) is 3.75. The number of carbonyl (C=O) groups excluding carboxylic acids is 1. The maximum atomic E-state index is 10.2. The van der Waals surface area contributed by atoms with E-state index in [0.717, 1.165) is 11.5 Å². The lowest BCUT2D eigenvalue weighted by Gasteiger charge is -2.05. The van der Waals surface area contributed by atoms with Crippen molar-refractivity contribution in [3.8, 4) is 0 Å². The fourth-order valence-electron chi connectivity index (χ4n) is 0.972. The van der Waals surface area contributed by atoms with Gasteiger partial charge in [0, 0.05) is 5.69 Å². The Bertz CT molecular complexity index is 315. The number of amides is 1. The Labute approximate surface area is 82.3 Å². The number of hydrogen-bond acceptors (Lipinski definition) is 4. The largest absolute Gasteiger partial charge is 0.448 e. The predicted molar refractivity (Wildman–Crippen MR) is 53.0 cm³/mol. The van der Waals surface area contributed by atoms with Crippen LogP contribution < -0.4 is 11.1 Å². The van der Waals surface area contributed by atoms with Crippen molar-refractivity contribution in [1.82, 2.24) is 4.98 Å². The zero-order chi connectivity index (χ0) is 10.4. The van der Waals surface area contributed by atoms with Gasteiger partial charge in [-0.05, 0) is 19.1 Å². The smallest absolute Gasteiger partial charge is 0.404 e. The van der Waals surface area contributed by atoms with Crippen LogP contribution in [0.25, 0.3) is 0 Å². The molecular weight excluding hydrogens is 182 g/mol. The Morgan fingerprint density at radius 3 is 3.07 bits per heavy atom. The normalized spacial score (nSPS) is 9.50. The van der Waals surface area contributed by atoms with Crippen LogP contribution in [0.1, 0.15) is 5.69 Å². The summed E-state index contributed by atoms with van der Waals surface area (Å²) in [6, 6.07) is 5.65. The zero-order valence-corrected chi connectivity index (χ0v) is 7.99. The number of anilines is 1. The van der Waals surface area contributed by atoms with Gasteiger partial charge < -0.3 is 15.8 Å². The van der Waals surface area contributed by atoms with Gasteiger partial charge in [-0.2, -0.15) is 0 Å². The third-order valence-corrected chi connectivity index (χ3v) is 1.54. The fourth-order valence-corrected chi connectivity index (χ4v) is 0.972. The van der Waals surface area contributed by atoms with Crippen LogP contribution in [0, 0.1) is 6.92 Å². The molecule has 0 saturated carbocycles. The molecule has 5 heteroatoms. The molecule has 0 radical (unpaired) electrons. The number of hydrogen-bond donors (Lipinski definition) is 2. The Kier molecular flexibility index (Phi) is 3.72. The van der Waals surface area contributed by atoms with E-state index in [1.807, 2.05) is 25.1 Å². The summed E-state index contributed by atoms with van der Waals surface area (Å²) >= 11 is 0. The van der Waals surface area contributed by atoms with Crippen LogP contribution >= 0.6 is 0 Å². The summed E-state index contributed by atoms with van der Waals surface area (Å²) in [5.41, 5.74) is 5.73. The minimum absolute atomic E-state index is 0.241. The van der Waals surface area contributed by atoms with Gasteiger partial charge in [-0.1, -0.05) is 6.07 Å². The van der Waals surface area contributed by atoms with Gasteiger partial charge in [0.05, 0.1) is 6.54 Å². The number of aromatic nitrogens is 1. The van der Waals surface area contributed by atoms with E-state index in [2.05, 4.69) is 15.0 Å². The van der Waals surface area contributed by atoms with Gasteiger partial charge in [0.2, 0.25) is 0 Å². The molecule has 0 aliphatic rings. The summed E-state index contributed by atoms with van der Waals surface area (Å²) in [6.45, 7) is 2.65. The summed E-state index contributed by atoms with van der Waals surface area (Å²) in [7, 11) is 0. The molecule has 0 fully saturated rings. The van der Waals surface area contributed by atoms with Crippen LogP contribution in [-0.4, -0.2) is 24.2 Å². The number of nitrogens with one attached hydrogen (secondary N) is 1. The lowest BCUT2D eigenvalue weighted by molar-refractivity contribution is 0.161. The Morgan fingerprint density at radius 2 is 2.43 bits per heavy atom. The average molecular weight is 195 g/mol. The summed E-state index contributed by atoms with van der Waals surface area (Å²) < 4.78 is 4.54. The molecule has 1 rings (SSSR count). The molecular formula is C9H13N3O2. The van der Waals surface area contributed by atoms with E-state index < -0.39 is 6.09 Å². The zero-order valence-electron chi connectivity index (χ0n) is 7.99. The third-order valence-electron chi connectivity index (χ3n) is 1.54. The summed E-state index contributed by atoms with van der Waals surface area (Å²) in [5, 5.41) is 3.00. The minimum atomic E-state index is -0.760. The molecule has 76 valence electrons. The molecule has 0 aliphatic carbocycles. The first kappa shape index (κ1) is 10.3. The first-order valence-corrected chi connectivity index (χ1v) is 4.28. The second-order valence-electron chi connectivity index (χ2n) is 2.76. The highest BCUT2D eigenvalue weighted by Gasteiger charge is 1.95. The number of ether oxygens (including phenoxy) is 1. The van der Waals surface area contributed by atoms with Gasteiger partial charge in [0.1, 0.15) is 12.4 Å². The standard InChI is InChI=1S/C9H13N3O2/c1-7-3-2-4-8(12-7)11-5-6-14-9(10)13/h2-4H,5-6H2,1H3,(H2,10,13)(H,11,12). The lowest BCUT2D eigenvalue weighted by atomic mass is 10.4. The van der Waals surface area contributed by atoms with Crippen LogP contribution in [0.3, 0.4) is 0 Å². The molecule has 0 spiro atoms. The first-order chi connectivity index (χ1) is 6.68. The van der Waals surface area contributed by atoms with Crippen molar-refractivity contribution in [2.24, 2.45) is 5.73 Å². The molecule has 0 bridgehead atoms. The molecule has 1 amide bonds. The van der Waals surface area contributed by atoms with E-state index in [9.17, 15) is 4.79 Å². The van der Waals surface area contributed by atoms with Gasteiger partial charge in [-0.3, -0.25) is 0 Å². The first-order valence-electron chi connectivity index (χ1n) is 4.28. The second kappa shape index (κ2) is 5.06. The summed E-state index contributed by atoms with van der Waals surface area (Å²) in [6.07, 6.45) is -0.760. The Hall–Kier alpha value is -1.78. The van der Waals surface area contributed by atoms with Gasteiger partial charge >= 0.3 is 6.09 Å². The van der Waals surface area contributed by atoms with E-state index in [-0.39, 0.29) is 6.61 Å². The van der Waals surface area contributed by atoms with Crippen molar-refractivity contribution in [2.75, 3.05) is 18.5 Å². The molecule has 0 aromatic carbocycles. The van der Waals surface area contributed by atoms with Crippen LogP contribution in [0.15, 0.2) is 18.2 Å². The maximum absolute atomic E-state index is 10.2. The molecule has 1 aromatic rings. The van der Waals surface area contributed by atoms with Crippen LogP contribution in [0.4, 0.5) is 10.6 Å². The van der Waals surface area contributed by atoms with Gasteiger partial charge in [0.25, 0.3) is 0 Å². The molecule has 5 nitrogen and oxygen atoms in total. The molecule has 0 saturated heterocycles. The van der Waals surface area contributed by atoms with E-state index in [1.165, 1.54) is 0 Å². The molecule has 0 unspecified atom stereocenters. The van der Waals surface area contributed by atoms with Gasteiger partial charge in [-0.15, -0.1) is 0 Å². The van der Waals surface area contributed by atoms with Gasteiger partial charge in [-0.25, -0.2) is 9.78 Å². The fraction of sp³-hybridized carbons (Fsp3) is 0.333. The van der Waals surface area contributed by atoms with Crippen LogP contribution in [0.2, 0.25) is 0 Å². The monoisotopic (exact) mass is 195 g/mol. The number of aryl methyl sites for hydroxylation is 1. The Balaban J connectivity index is 2.28. The topological polar surface area (TPSA) is 77.2 Å². The molecule has 3 N–H and O–H groups in total. The molecule has 14 heavy (non-hydrogen) atoms. The number of pyridine rings is 1. The van der Waals surface area contributed by atoms with E-state index in [4.69, 9.17) is 5.73 Å². The quantitative estimate of drug-likeness (QED) is 0.699. The van der Waals surface area contributed by atoms with Crippen molar-refractivity contribution in [3.05, 3.63) is 23.9 Å². The lowest BCUT2D eigenvalue weighted by Crippen LogP contribution is -2.18. The van der Waals surface area contributed by atoms with E-state index >= 15 is 0 Å². The van der Waals surface area contributed by atoms with E-state index in [0.29, 0.717) is 6.54 Å². The SMILES string of the molecule is Cc1cccc(NCCOC(N)=O)n1. The number of rotatable bonds is 4. The average Bonchev–Trinajstić information content (AvgIpc) is 2.12. The van der Waals surface area contributed by atoms with E-state index in [1.54, 1.807) is 0 Å². The molecule has 1 aromatic heterocycles. The van der Waals surface area contributed by atoms with Crippen molar-refractivity contribution < 1.29 is 9.53 Å². The predicted octanol–water partition coefficient (Wildman–Crippen LogP) is 0.897. The second-order valence-corrected chi connectivity index (χ2v) is 2.76. The van der Waals surface area contributed by atoms with Crippen LogP contribution in [0.5, 0.6) is 0 Å². The number of carbonyl (C=O) groups is 1. The summed E-state index contributed by atoms with van der Waals surface area (Å²) in [4.78, 5) is 14.4. The summed E-state index contributed by atoms with van der Waals surface area (Å²) in [5.74, 6) is 0.762. The van der Waals surface area contributed by atoms with Gasteiger partial charge in [0.15, 0.2) is 0 Å². The highest BCUT2D eigenvalue weighted by atomic mass is 16.5. The number of nitrogens with zero attached hydrogens (tertiary/aromatic N) is 1. The highest BCUT2D eigenvalue weighted by molar-refractivity contribution is 5.64.